The van der Waals surface area contributed by atoms with Crippen LogP contribution in [0.4, 0.5) is 4.79 Å². The minimum absolute atomic E-state index is 0.112. The van der Waals surface area contributed by atoms with Gasteiger partial charge in [0, 0.05) is 12.8 Å². The molecule has 3 atom stereocenters. The van der Waals surface area contributed by atoms with Crippen molar-refractivity contribution in [1.82, 2.24) is 5.32 Å². The van der Waals surface area contributed by atoms with Crippen LogP contribution in [0.5, 0.6) is 0 Å². The molecule has 1 N–H and O–H groups in total. The molecule has 0 aromatic heterocycles. The maximum Gasteiger partial charge on any atom is 0.408 e. The molecule has 46 heavy (non-hydrogen) atoms. The third-order valence-corrected chi connectivity index (χ3v) is 8.23. The Morgan fingerprint density at radius 3 is 1.93 bits per heavy atom. The SMILES string of the molecule is C=CCOP(OCCC)OC[C@@H](COCC[C@@H](CCCCCCC)OC(=O)CCCCCCCCCCC)NC(=O)OC(C)(C)C. The van der Waals surface area contributed by atoms with E-state index in [1.807, 2.05) is 27.7 Å². The van der Waals surface area contributed by atoms with Crippen molar-refractivity contribution in [2.24, 2.45) is 0 Å². The zero-order chi connectivity index (χ0) is 34.3. The van der Waals surface area contributed by atoms with Crippen molar-refractivity contribution in [3.8, 4) is 0 Å². The molecule has 0 aromatic rings. The zero-order valence-electron chi connectivity index (χ0n) is 30.4. The van der Waals surface area contributed by atoms with Crippen LogP contribution in [0, 0.1) is 0 Å². The first kappa shape index (κ1) is 44.8. The number of hydrogen-bond acceptors (Lipinski definition) is 8. The number of carbonyl (C=O) groups excluding carboxylic acids is 2. The summed E-state index contributed by atoms with van der Waals surface area (Å²) in [6.07, 6.45) is 20.4. The predicted molar refractivity (Wildman–Crippen MR) is 189 cm³/mol. The second kappa shape index (κ2) is 31.0. The van der Waals surface area contributed by atoms with Crippen molar-refractivity contribution in [3.63, 3.8) is 0 Å². The number of rotatable bonds is 32. The van der Waals surface area contributed by atoms with Crippen molar-refractivity contribution in [2.75, 3.05) is 33.0 Å². The smallest absolute Gasteiger partial charge is 0.408 e. The summed E-state index contributed by atoms with van der Waals surface area (Å²) in [5.41, 5.74) is -0.636. The highest BCUT2D eigenvalue weighted by molar-refractivity contribution is 7.41. The number of ether oxygens (including phenoxy) is 3. The topological polar surface area (TPSA) is 102 Å². The average molecular weight is 676 g/mol. The van der Waals surface area contributed by atoms with Crippen molar-refractivity contribution in [3.05, 3.63) is 12.7 Å². The van der Waals surface area contributed by atoms with Crippen LogP contribution < -0.4 is 5.32 Å². The van der Waals surface area contributed by atoms with Gasteiger partial charge in [-0.2, -0.15) is 0 Å². The van der Waals surface area contributed by atoms with Gasteiger partial charge in [0.25, 0.3) is 0 Å². The lowest BCUT2D eigenvalue weighted by Gasteiger charge is -2.25. The maximum atomic E-state index is 12.7. The molecule has 272 valence electrons. The Morgan fingerprint density at radius 2 is 1.35 bits per heavy atom. The first-order chi connectivity index (χ1) is 22.1. The zero-order valence-corrected chi connectivity index (χ0v) is 31.3. The molecule has 1 amide bonds. The van der Waals surface area contributed by atoms with Crippen molar-refractivity contribution >= 4 is 20.7 Å². The molecule has 0 aromatic carbocycles. The molecular formula is C36H70NO8P. The highest BCUT2D eigenvalue weighted by atomic mass is 31.2. The van der Waals surface area contributed by atoms with Crippen LogP contribution in [0.15, 0.2) is 12.7 Å². The summed E-state index contributed by atoms with van der Waals surface area (Å²) in [4.78, 5) is 25.2. The van der Waals surface area contributed by atoms with Gasteiger partial charge in [0.2, 0.25) is 0 Å². The average Bonchev–Trinajstić information content (AvgIpc) is 3.00. The van der Waals surface area contributed by atoms with Crippen LogP contribution in [0.2, 0.25) is 0 Å². The van der Waals surface area contributed by atoms with Crippen molar-refractivity contribution in [1.29, 1.82) is 0 Å². The van der Waals surface area contributed by atoms with E-state index in [0.717, 1.165) is 38.5 Å². The maximum absolute atomic E-state index is 12.7. The first-order valence-electron chi connectivity index (χ1n) is 18.2. The Balaban J connectivity index is 4.91. The lowest BCUT2D eigenvalue weighted by atomic mass is 10.1. The van der Waals surface area contributed by atoms with Gasteiger partial charge >= 0.3 is 20.7 Å². The standard InChI is InChI=1S/C36H70NO8P/c1-8-12-14-16-17-18-19-21-23-25-34(38)44-33(24-22-20-15-13-9-2)26-29-40-30-32(37-35(39)45-36(5,6)7)31-43-46(41-27-10-3)42-28-11-4/h10,32-33H,3,8-9,11-31H2,1-2,4-7H3,(H,37,39)/t32-,33-,46?/m1/s1. The Morgan fingerprint density at radius 1 is 0.739 bits per heavy atom. The molecule has 9 nitrogen and oxygen atoms in total. The fourth-order valence-electron chi connectivity index (χ4n) is 4.65. The molecule has 0 radical (unpaired) electrons. The molecule has 0 aliphatic rings. The predicted octanol–water partition coefficient (Wildman–Crippen LogP) is 10.4. The van der Waals surface area contributed by atoms with Gasteiger partial charge in [-0.05, 0) is 46.5 Å². The molecular weight excluding hydrogens is 605 g/mol. The number of nitrogens with one attached hydrogen (secondary N) is 1. The van der Waals surface area contributed by atoms with Crippen LogP contribution in [0.3, 0.4) is 0 Å². The monoisotopic (exact) mass is 675 g/mol. The van der Waals surface area contributed by atoms with Gasteiger partial charge in [0.1, 0.15) is 11.7 Å². The van der Waals surface area contributed by atoms with E-state index >= 15 is 0 Å². The van der Waals surface area contributed by atoms with Crippen molar-refractivity contribution in [2.45, 2.75) is 175 Å². The first-order valence-corrected chi connectivity index (χ1v) is 19.3. The van der Waals surface area contributed by atoms with Gasteiger partial charge in [0.15, 0.2) is 0 Å². The molecule has 0 heterocycles. The summed E-state index contributed by atoms with van der Waals surface area (Å²) in [6.45, 7) is 17.1. The van der Waals surface area contributed by atoms with E-state index in [0.29, 0.717) is 32.7 Å². The quantitative estimate of drug-likeness (QED) is 0.0325. The van der Waals surface area contributed by atoms with E-state index < -0.39 is 26.3 Å². The lowest BCUT2D eigenvalue weighted by molar-refractivity contribution is -0.150. The minimum atomic E-state index is -1.60. The molecule has 1 unspecified atom stereocenters. The fraction of sp³-hybridized carbons (Fsp3) is 0.889. The summed E-state index contributed by atoms with van der Waals surface area (Å²) in [7, 11) is -1.60. The molecule has 0 aliphatic heterocycles. The van der Waals surface area contributed by atoms with Gasteiger partial charge in [-0.1, -0.05) is 104 Å². The number of carbonyl (C=O) groups is 2. The molecule has 0 saturated heterocycles. The largest absolute Gasteiger partial charge is 0.462 e. The fourth-order valence-corrected chi connectivity index (χ4v) is 5.73. The molecule has 0 spiro atoms. The number of hydrogen-bond donors (Lipinski definition) is 1. The Bertz CT molecular complexity index is 733. The lowest BCUT2D eigenvalue weighted by Crippen LogP contribution is -2.44. The van der Waals surface area contributed by atoms with E-state index in [9.17, 15) is 9.59 Å². The van der Waals surface area contributed by atoms with E-state index in [2.05, 4.69) is 25.7 Å². The summed E-state index contributed by atoms with van der Waals surface area (Å²) in [5.74, 6) is -0.112. The van der Waals surface area contributed by atoms with Gasteiger partial charge in [-0.25, -0.2) is 4.79 Å². The van der Waals surface area contributed by atoms with Crippen LogP contribution in [0.1, 0.15) is 157 Å². The molecule has 10 heteroatoms. The van der Waals surface area contributed by atoms with Gasteiger partial charge in [-0.3, -0.25) is 4.79 Å². The highest BCUT2D eigenvalue weighted by Crippen LogP contribution is 2.39. The summed E-state index contributed by atoms with van der Waals surface area (Å²) in [5, 5.41) is 2.85. The number of alkyl carbamates (subject to hydrolysis) is 1. The molecule has 0 rings (SSSR count). The van der Waals surface area contributed by atoms with E-state index in [-0.39, 0.29) is 25.3 Å². The Hall–Kier alpha value is -1.25. The van der Waals surface area contributed by atoms with E-state index in [4.69, 9.17) is 27.8 Å². The van der Waals surface area contributed by atoms with Crippen molar-refractivity contribution < 1.29 is 37.4 Å². The van der Waals surface area contributed by atoms with Gasteiger partial charge in [-0.15, -0.1) is 6.58 Å². The summed E-state index contributed by atoms with van der Waals surface area (Å²) < 4.78 is 34.6. The third-order valence-electron chi connectivity index (χ3n) is 7.12. The second-order valence-electron chi connectivity index (χ2n) is 13.0. The highest BCUT2D eigenvalue weighted by Gasteiger charge is 2.23. The third kappa shape index (κ3) is 30.1. The Kier molecular flexibility index (Phi) is 30.2. The summed E-state index contributed by atoms with van der Waals surface area (Å²) in [6, 6.07) is -0.487. The molecule has 0 fully saturated rings. The Labute approximate surface area is 283 Å². The van der Waals surface area contributed by atoms with Gasteiger partial charge < -0.3 is 33.1 Å². The van der Waals surface area contributed by atoms with Crippen LogP contribution in [-0.2, 0) is 32.6 Å². The molecule has 0 aliphatic carbocycles. The second-order valence-corrected chi connectivity index (χ2v) is 14.3. The van der Waals surface area contributed by atoms with E-state index in [1.54, 1.807) is 6.08 Å². The van der Waals surface area contributed by atoms with Crippen LogP contribution >= 0.6 is 8.60 Å². The minimum Gasteiger partial charge on any atom is -0.462 e. The number of unbranched alkanes of at least 4 members (excludes halogenated alkanes) is 12. The van der Waals surface area contributed by atoms with Gasteiger partial charge in [0.05, 0.1) is 39.1 Å². The van der Waals surface area contributed by atoms with Crippen LogP contribution in [0.25, 0.3) is 0 Å². The number of esters is 1. The van der Waals surface area contributed by atoms with Crippen LogP contribution in [-0.4, -0.2) is 62.8 Å². The molecule has 0 bridgehead atoms. The normalized spacial score (nSPS) is 13.6. The molecule has 0 saturated carbocycles. The number of amides is 1. The van der Waals surface area contributed by atoms with E-state index in [1.165, 1.54) is 64.2 Å². The summed E-state index contributed by atoms with van der Waals surface area (Å²) >= 11 is 0.